The Morgan fingerprint density at radius 3 is 2.59 bits per heavy atom. The molecule has 4 heteroatoms. The Labute approximate surface area is 176 Å². The molecule has 0 amide bonds. The molecular formula is C25H38N2O2. The van der Waals surface area contributed by atoms with Gasteiger partial charge in [0.05, 0.1) is 6.10 Å². The molecule has 160 valence electrons. The Morgan fingerprint density at radius 2 is 1.97 bits per heavy atom. The van der Waals surface area contributed by atoms with Crippen molar-refractivity contribution in [2.75, 3.05) is 14.2 Å². The number of benzene rings is 1. The number of fused-ring (bicyclic) bond motifs is 3. The van der Waals surface area contributed by atoms with E-state index in [0.717, 1.165) is 50.8 Å². The average Bonchev–Trinajstić information content (AvgIpc) is 3.18. The maximum Gasteiger partial charge on any atom is 0.218 e. The Balaban J connectivity index is 1.81. The van der Waals surface area contributed by atoms with Crippen LogP contribution in [-0.2, 0) is 28.1 Å². The van der Waals surface area contributed by atoms with Crippen molar-refractivity contribution in [2.45, 2.75) is 84.5 Å². The van der Waals surface area contributed by atoms with E-state index in [4.69, 9.17) is 14.6 Å². The van der Waals surface area contributed by atoms with Crippen LogP contribution in [-0.4, -0.2) is 31.2 Å². The van der Waals surface area contributed by atoms with E-state index in [1.807, 2.05) is 19.2 Å². The summed E-state index contributed by atoms with van der Waals surface area (Å²) in [5.74, 6) is 2.14. The summed E-state index contributed by atoms with van der Waals surface area (Å²) >= 11 is 0. The van der Waals surface area contributed by atoms with Crippen LogP contribution in [0.5, 0.6) is 0 Å². The number of rotatable bonds is 5. The van der Waals surface area contributed by atoms with Gasteiger partial charge in [0.15, 0.2) is 0 Å². The number of hydrogen-bond acceptors (Lipinski definition) is 4. The Kier molecular flexibility index (Phi) is 5.54. The highest BCUT2D eigenvalue weighted by molar-refractivity contribution is 5.85. The lowest BCUT2D eigenvalue weighted by Gasteiger charge is -2.45. The maximum absolute atomic E-state index is 6.78. The van der Waals surface area contributed by atoms with Gasteiger partial charge in [0.1, 0.15) is 5.84 Å². The van der Waals surface area contributed by atoms with Crippen molar-refractivity contribution < 1.29 is 9.57 Å². The van der Waals surface area contributed by atoms with Crippen LogP contribution in [0.2, 0.25) is 0 Å². The molecule has 1 fully saturated rings. The highest BCUT2D eigenvalue weighted by Crippen LogP contribution is 2.62. The first kappa shape index (κ1) is 20.9. The number of aliphatic imine (C=N–C) groups is 1. The molecule has 1 aromatic carbocycles. The van der Waals surface area contributed by atoms with E-state index in [0.29, 0.717) is 17.9 Å². The fraction of sp³-hybridized carbons (Fsp3) is 0.720. The minimum absolute atomic E-state index is 0.0320. The molecule has 0 saturated heterocycles. The van der Waals surface area contributed by atoms with Crippen LogP contribution < -0.4 is 0 Å². The van der Waals surface area contributed by atoms with Gasteiger partial charge >= 0.3 is 0 Å². The molecule has 1 aliphatic heterocycles. The molecule has 3 aliphatic rings. The van der Waals surface area contributed by atoms with Gasteiger partial charge in [-0.2, -0.15) is 0 Å². The predicted octanol–water partition coefficient (Wildman–Crippen LogP) is 5.49. The minimum Gasteiger partial charge on any atom is -0.381 e. The molecule has 0 N–H and O–H groups in total. The lowest BCUT2D eigenvalue weighted by atomic mass is 9.66. The van der Waals surface area contributed by atoms with Gasteiger partial charge in [0, 0.05) is 31.1 Å². The fourth-order valence-corrected chi connectivity index (χ4v) is 5.78. The average molecular weight is 399 g/mol. The third-order valence-corrected chi connectivity index (χ3v) is 7.57. The van der Waals surface area contributed by atoms with Gasteiger partial charge in [0.2, 0.25) is 5.72 Å². The SMILES string of the molecule is CCC(C)C1=NC2(ON1C)c1cc(CC(C)C)ccc1CC21CCC(OC)CC1. The number of nitrogens with zero attached hydrogens (tertiary/aromatic N) is 2. The van der Waals surface area contributed by atoms with Crippen molar-refractivity contribution in [3.63, 3.8) is 0 Å². The summed E-state index contributed by atoms with van der Waals surface area (Å²) < 4.78 is 5.70. The number of ether oxygens (including phenoxy) is 1. The quantitative estimate of drug-likeness (QED) is 0.657. The summed E-state index contributed by atoms with van der Waals surface area (Å²) in [7, 11) is 3.89. The second-order valence-corrected chi connectivity index (χ2v) is 9.99. The zero-order valence-electron chi connectivity index (χ0n) is 19.1. The molecule has 29 heavy (non-hydrogen) atoms. The lowest BCUT2D eigenvalue weighted by Crippen LogP contribution is -2.46. The molecular weight excluding hydrogens is 360 g/mol. The molecule has 4 nitrogen and oxygen atoms in total. The first-order chi connectivity index (χ1) is 13.8. The van der Waals surface area contributed by atoms with Crippen LogP contribution in [0.1, 0.15) is 76.5 Å². The molecule has 2 atom stereocenters. The van der Waals surface area contributed by atoms with E-state index in [9.17, 15) is 0 Å². The molecule has 4 rings (SSSR count). The number of hydroxylamine groups is 2. The summed E-state index contributed by atoms with van der Waals surface area (Å²) in [6.45, 7) is 9.07. The number of methoxy groups -OCH3 is 1. The molecule has 0 aromatic heterocycles. The monoisotopic (exact) mass is 398 g/mol. The molecule has 2 unspecified atom stereocenters. The largest absolute Gasteiger partial charge is 0.381 e. The van der Waals surface area contributed by atoms with Crippen LogP contribution in [0.15, 0.2) is 23.2 Å². The van der Waals surface area contributed by atoms with Gasteiger partial charge in [-0.05, 0) is 62.0 Å². The third kappa shape index (κ3) is 3.33. The van der Waals surface area contributed by atoms with E-state index < -0.39 is 5.72 Å². The van der Waals surface area contributed by atoms with Gasteiger partial charge in [-0.15, -0.1) is 0 Å². The summed E-state index contributed by atoms with van der Waals surface area (Å²) in [5.41, 5.74) is 3.61. The Bertz CT molecular complexity index is 779. The highest BCUT2D eigenvalue weighted by Gasteiger charge is 2.63. The predicted molar refractivity (Wildman–Crippen MR) is 118 cm³/mol. The summed E-state index contributed by atoms with van der Waals surface area (Å²) in [4.78, 5) is 12.2. The van der Waals surface area contributed by atoms with Gasteiger partial charge in [-0.3, -0.25) is 0 Å². The smallest absolute Gasteiger partial charge is 0.218 e. The number of hydrogen-bond donors (Lipinski definition) is 0. The first-order valence-electron chi connectivity index (χ1n) is 11.5. The Morgan fingerprint density at radius 1 is 1.24 bits per heavy atom. The van der Waals surface area contributed by atoms with Crippen LogP contribution in [0.3, 0.4) is 0 Å². The van der Waals surface area contributed by atoms with Crippen molar-refractivity contribution in [3.05, 3.63) is 34.9 Å². The van der Waals surface area contributed by atoms with E-state index >= 15 is 0 Å². The zero-order valence-corrected chi connectivity index (χ0v) is 19.1. The van der Waals surface area contributed by atoms with Crippen LogP contribution >= 0.6 is 0 Å². The fourth-order valence-electron chi connectivity index (χ4n) is 5.78. The first-order valence-corrected chi connectivity index (χ1v) is 11.5. The molecule has 2 aliphatic carbocycles. The third-order valence-electron chi connectivity index (χ3n) is 7.57. The van der Waals surface area contributed by atoms with E-state index in [-0.39, 0.29) is 5.41 Å². The molecule has 1 aromatic rings. The topological polar surface area (TPSA) is 34.1 Å². The molecule has 2 spiro atoms. The van der Waals surface area contributed by atoms with E-state index in [1.165, 1.54) is 16.7 Å². The van der Waals surface area contributed by atoms with Crippen LogP contribution in [0, 0.1) is 17.3 Å². The normalized spacial score (nSPS) is 32.3. The van der Waals surface area contributed by atoms with Crippen molar-refractivity contribution >= 4 is 5.84 Å². The molecule has 1 heterocycles. The zero-order chi connectivity index (χ0) is 20.8. The standard InChI is InChI=1S/C25H38N2O2/c1-7-18(4)23-26-25(29-27(23)5)22-15-19(14-17(2)3)8-9-20(22)16-24(25)12-10-21(28-6)11-13-24/h8-9,15,17-18,21H,7,10-14,16H2,1-6H3. The van der Waals surface area contributed by atoms with Gasteiger partial charge in [-0.1, -0.05) is 45.9 Å². The lowest BCUT2D eigenvalue weighted by molar-refractivity contribution is -0.232. The van der Waals surface area contributed by atoms with Gasteiger partial charge < -0.3 is 4.74 Å². The van der Waals surface area contributed by atoms with Crippen LogP contribution in [0.4, 0.5) is 0 Å². The molecule has 0 radical (unpaired) electrons. The van der Waals surface area contributed by atoms with Crippen molar-refractivity contribution in [1.82, 2.24) is 5.06 Å². The van der Waals surface area contributed by atoms with Crippen molar-refractivity contribution in [2.24, 2.45) is 22.2 Å². The highest BCUT2D eigenvalue weighted by atomic mass is 16.7. The number of amidine groups is 1. The molecule has 1 saturated carbocycles. The second-order valence-electron chi connectivity index (χ2n) is 9.99. The van der Waals surface area contributed by atoms with Gasteiger partial charge in [0.25, 0.3) is 0 Å². The van der Waals surface area contributed by atoms with E-state index in [2.05, 4.69) is 45.9 Å². The van der Waals surface area contributed by atoms with E-state index in [1.54, 1.807) is 0 Å². The maximum atomic E-state index is 6.78. The van der Waals surface area contributed by atoms with Gasteiger partial charge in [-0.25, -0.2) is 14.9 Å². The summed E-state index contributed by atoms with van der Waals surface area (Å²) in [5, 5.41) is 1.97. The van der Waals surface area contributed by atoms with Crippen molar-refractivity contribution in [3.8, 4) is 0 Å². The second kappa shape index (κ2) is 7.70. The summed E-state index contributed by atoms with van der Waals surface area (Å²) in [6.07, 6.45) is 7.98. The minimum atomic E-state index is -0.568. The van der Waals surface area contributed by atoms with Crippen LogP contribution in [0.25, 0.3) is 0 Å². The summed E-state index contributed by atoms with van der Waals surface area (Å²) in [6, 6.07) is 7.08. The Hall–Kier alpha value is -1.39. The molecule has 0 bridgehead atoms. The van der Waals surface area contributed by atoms with Crippen molar-refractivity contribution in [1.29, 1.82) is 0 Å².